The van der Waals surface area contributed by atoms with Crippen LogP contribution in [0, 0.1) is 6.92 Å². The van der Waals surface area contributed by atoms with E-state index in [0.717, 1.165) is 0 Å². The van der Waals surface area contributed by atoms with Crippen LogP contribution >= 0.6 is 0 Å². The number of nitrogens with zero attached hydrogens (tertiary/aromatic N) is 4. The van der Waals surface area contributed by atoms with Gasteiger partial charge in [-0.05, 0) is 0 Å². The van der Waals surface area contributed by atoms with Crippen molar-refractivity contribution in [2.45, 2.75) is 19.5 Å². The first-order valence-electron chi connectivity index (χ1n) is 5.37. The van der Waals surface area contributed by atoms with Crippen molar-refractivity contribution in [1.29, 1.82) is 0 Å². The molecule has 0 radical (unpaired) electrons. The lowest BCUT2D eigenvalue weighted by Crippen LogP contribution is -2.33. The Morgan fingerprint density at radius 1 is 1.67 bits per heavy atom. The van der Waals surface area contributed by atoms with Crippen molar-refractivity contribution in [2.75, 3.05) is 0 Å². The molecule has 0 fully saturated rings. The van der Waals surface area contributed by atoms with Gasteiger partial charge in [-0.25, -0.2) is 0 Å². The van der Waals surface area contributed by atoms with Crippen LogP contribution < -0.4 is 11.1 Å². The molecule has 8 heteroatoms. The monoisotopic (exact) mass is 250 g/mol. The van der Waals surface area contributed by atoms with E-state index < -0.39 is 6.04 Å². The predicted molar refractivity (Wildman–Crippen MR) is 61.0 cm³/mol. The maximum absolute atomic E-state index is 11.8. The Balaban J connectivity index is 1.92. The Labute approximate surface area is 103 Å². The standard InChI is InChI=1S/C10H14N6O2/c1-6-14-8(15-18-6)4-12-10(17)9(11)7-3-13-16(2)5-7/h3,5,9H,4,11H2,1-2H3,(H,12,17). The number of hydrogen-bond acceptors (Lipinski definition) is 6. The third kappa shape index (κ3) is 2.72. The molecule has 0 aliphatic carbocycles. The number of rotatable bonds is 4. The first kappa shape index (κ1) is 12.2. The van der Waals surface area contributed by atoms with E-state index >= 15 is 0 Å². The SMILES string of the molecule is Cc1nc(CNC(=O)C(N)c2cnn(C)c2)no1. The van der Waals surface area contributed by atoms with Crippen molar-refractivity contribution >= 4 is 5.91 Å². The summed E-state index contributed by atoms with van der Waals surface area (Å²) in [6, 6.07) is -0.758. The molecule has 18 heavy (non-hydrogen) atoms. The van der Waals surface area contributed by atoms with E-state index in [1.54, 1.807) is 31.0 Å². The molecule has 8 nitrogen and oxygen atoms in total. The van der Waals surface area contributed by atoms with Crippen molar-refractivity contribution in [3.8, 4) is 0 Å². The minimum Gasteiger partial charge on any atom is -0.347 e. The zero-order chi connectivity index (χ0) is 13.1. The Kier molecular flexibility index (Phi) is 3.38. The minimum absolute atomic E-state index is 0.185. The largest absolute Gasteiger partial charge is 0.347 e. The predicted octanol–water partition coefficient (Wildman–Crippen LogP) is -0.572. The highest BCUT2D eigenvalue weighted by Gasteiger charge is 2.17. The van der Waals surface area contributed by atoms with Crippen LogP contribution in [0.2, 0.25) is 0 Å². The van der Waals surface area contributed by atoms with E-state index in [0.29, 0.717) is 17.3 Å². The molecular weight excluding hydrogens is 236 g/mol. The summed E-state index contributed by atoms with van der Waals surface area (Å²) in [5.41, 5.74) is 6.44. The van der Waals surface area contributed by atoms with Crippen LogP contribution in [0.5, 0.6) is 0 Å². The van der Waals surface area contributed by atoms with Gasteiger partial charge >= 0.3 is 0 Å². The van der Waals surface area contributed by atoms with Gasteiger partial charge in [-0.1, -0.05) is 5.16 Å². The van der Waals surface area contributed by atoms with Crippen molar-refractivity contribution in [2.24, 2.45) is 12.8 Å². The molecule has 1 amide bonds. The topological polar surface area (TPSA) is 112 Å². The van der Waals surface area contributed by atoms with Gasteiger partial charge in [0.1, 0.15) is 6.04 Å². The van der Waals surface area contributed by atoms with E-state index in [-0.39, 0.29) is 12.5 Å². The van der Waals surface area contributed by atoms with Crippen LogP contribution in [0.1, 0.15) is 23.3 Å². The second kappa shape index (κ2) is 4.96. The summed E-state index contributed by atoms with van der Waals surface area (Å²) in [6.45, 7) is 1.86. The molecule has 0 bridgehead atoms. The van der Waals surface area contributed by atoms with Gasteiger partial charge in [-0.2, -0.15) is 10.1 Å². The van der Waals surface area contributed by atoms with Crippen molar-refractivity contribution in [3.63, 3.8) is 0 Å². The first-order chi connectivity index (χ1) is 8.56. The van der Waals surface area contributed by atoms with Gasteiger partial charge in [0.05, 0.1) is 12.7 Å². The molecular formula is C10H14N6O2. The summed E-state index contributed by atoms with van der Waals surface area (Å²) >= 11 is 0. The summed E-state index contributed by atoms with van der Waals surface area (Å²) in [4.78, 5) is 15.7. The third-order valence-electron chi connectivity index (χ3n) is 2.36. The molecule has 1 atom stereocenters. The maximum atomic E-state index is 11.8. The fourth-order valence-corrected chi connectivity index (χ4v) is 1.44. The highest BCUT2D eigenvalue weighted by Crippen LogP contribution is 2.08. The lowest BCUT2D eigenvalue weighted by molar-refractivity contribution is -0.122. The summed E-state index contributed by atoms with van der Waals surface area (Å²) in [5, 5.41) is 10.3. The molecule has 3 N–H and O–H groups in total. The molecule has 0 saturated carbocycles. The number of amides is 1. The lowest BCUT2D eigenvalue weighted by Gasteiger charge is -2.08. The molecule has 1 unspecified atom stereocenters. The smallest absolute Gasteiger partial charge is 0.242 e. The third-order valence-corrected chi connectivity index (χ3v) is 2.36. The molecule has 2 rings (SSSR count). The molecule has 96 valence electrons. The number of hydrogen-bond donors (Lipinski definition) is 2. The number of aromatic nitrogens is 4. The van der Waals surface area contributed by atoms with E-state index in [1.807, 2.05) is 0 Å². The summed E-state index contributed by atoms with van der Waals surface area (Å²) in [6.07, 6.45) is 3.26. The summed E-state index contributed by atoms with van der Waals surface area (Å²) < 4.78 is 6.38. The molecule has 0 saturated heterocycles. The molecule has 2 heterocycles. The second-order valence-corrected chi connectivity index (χ2v) is 3.87. The Bertz CT molecular complexity index is 546. The van der Waals surface area contributed by atoms with E-state index in [4.69, 9.17) is 10.3 Å². The first-order valence-corrected chi connectivity index (χ1v) is 5.37. The normalized spacial score (nSPS) is 12.4. The highest BCUT2D eigenvalue weighted by molar-refractivity contribution is 5.82. The zero-order valence-corrected chi connectivity index (χ0v) is 10.1. The quantitative estimate of drug-likeness (QED) is 0.751. The van der Waals surface area contributed by atoms with Gasteiger partial charge in [0.15, 0.2) is 5.82 Å². The average Bonchev–Trinajstić information content (AvgIpc) is 2.94. The van der Waals surface area contributed by atoms with E-state index in [1.165, 1.54) is 0 Å². The molecule has 0 aliphatic rings. The van der Waals surface area contributed by atoms with E-state index in [9.17, 15) is 4.79 Å². The van der Waals surface area contributed by atoms with Crippen molar-refractivity contribution in [1.82, 2.24) is 25.2 Å². The van der Waals surface area contributed by atoms with Gasteiger partial charge in [-0.15, -0.1) is 0 Å². The summed E-state index contributed by atoms with van der Waals surface area (Å²) in [5.74, 6) is 0.556. The molecule has 0 aromatic carbocycles. The number of carbonyl (C=O) groups is 1. The van der Waals surface area contributed by atoms with Gasteiger partial charge in [0, 0.05) is 25.7 Å². The average molecular weight is 250 g/mol. The highest BCUT2D eigenvalue weighted by atomic mass is 16.5. The van der Waals surface area contributed by atoms with Gasteiger partial charge in [0.2, 0.25) is 11.8 Å². The van der Waals surface area contributed by atoms with Gasteiger partial charge in [-0.3, -0.25) is 9.48 Å². The van der Waals surface area contributed by atoms with Crippen molar-refractivity contribution < 1.29 is 9.32 Å². The van der Waals surface area contributed by atoms with Crippen LogP contribution in [0.25, 0.3) is 0 Å². The Morgan fingerprint density at radius 2 is 2.44 bits per heavy atom. The Hall–Kier alpha value is -2.22. The number of nitrogens with one attached hydrogen (secondary N) is 1. The van der Waals surface area contributed by atoms with Crippen LogP contribution in [0.4, 0.5) is 0 Å². The lowest BCUT2D eigenvalue weighted by atomic mass is 10.1. The number of carbonyl (C=O) groups excluding carboxylic acids is 1. The second-order valence-electron chi connectivity index (χ2n) is 3.87. The van der Waals surface area contributed by atoms with E-state index in [2.05, 4.69) is 20.6 Å². The fourth-order valence-electron chi connectivity index (χ4n) is 1.44. The van der Waals surface area contributed by atoms with Crippen LogP contribution in [-0.2, 0) is 18.4 Å². The van der Waals surface area contributed by atoms with Gasteiger partial charge in [0.25, 0.3) is 0 Å². The Morgan fingerprint density at radius 3 is 3.00 bits per heavy atom. The van der Waals surface area contributed by atoms with Crippen molar-refractivity contribution in [3.05, 3.63) is 29.7 Å². The molecule has 2 aromatic rings. The molecule has 0 spiro atoms. The fraction of sp³-hybridized carbons (Fsp3) is 0.400. The molecule has 0 aliphatic heterocycles. The minimum atomic E-state index is -0.758. The summed E-state index contributed by atoms with van der Waals surface area (Å²) in [7, 11) is 1.76. The van der Waals surface area contributed by atoms with Gasteiger partial charge < -0.3 is 15.6 Å². The zero-order valence-electron chi connectivity index (χ0n) is 10.1. The van der Waals surface area contributed by atoms with Crippen LogP contribution in [-0.4, -0.2) is 25.8 Å². The number of nitrogens with two attached hydrogens (primary N) is 1. The maximum Gasteiger partial charge on any atom is 0.242 e. The van der Waals surface area contributed by atoms with Crippen LogP contribution in [0.3, 0.4) is 0 Å². The van der Waals surface area contributed by atoms with Crippen LogP contribution in [0.15, 0.2) is 16.9 Å². The molecule has 2 aromatic heterocycles. The number of aryl methyl sites for hydroxylation is 2.